The van der Waals surface area contributed by atoms with Gasteiger partial charge < -0.3 is 20.3 Å². The van der Waals surface area contributed by atoms with E-state index in [4.69, 9.17) is 4.74 Å². The Bertz CT molecular complexity index is 887. The van der Waals surface area contributed by atoms with Crippen LogP contribution in [0.1, 0.15) is 123 Å². The number of ether oxygens (including phenoxy) is 1. The number of amides is 3. The number of unbranched alkanes of at least 4 members (excludes halogenated alkanes) is 5. The molecular formula is C32H55N3O4. The van der Waals surface area contributed by atoms with E-state index in [9.17, 15) is 14.4 Å². The predicted molar refractivity (Wildman–Crippen MR) is 160 cm³/mol. The zero-order chi connectivity index (χ0) is 29.6. The van der Waals surface area contributed by atoms with E-state index in [1.165, 1.54) is 0 Å². The van der Waals surface area contributed by atoms with Crippen molar-refractivity contribution < 1.29 is 19.1 Å². The molecule has 0 fully saturated rings. The van der Waals surface area contributed by atoms with Crippen LogP contribution in [-0.2, 0) is 14.3 Å². The van der Waals surface area contributed by atoms with Crippen LogP contribution in [0.2, 0.25) is 0 Å². The molecule has 2 atom stereocenters. The van der Waals surface area contributed by atoms with Gasteiger partial charge >= 0.3 is 6.09 Å². The van der Waals surface area contributed by atoms with Crippen molar-refractivity contribution in [3.8, 4) is 0 Å². The maximum atomic E-state index is 14.3. The third kappa shape index (κ3) is 13.4. The Morgan fingerprint density at radius 1 is 0.897 bits per heavy atom. The summed E-state index contributed by atoms with van der Waals surface area (Å²) in [5, 5.41) is 5.91. The van der Waals surface area contributed by atoms with Crippen LogP contribution < -0.4 is 10.6 Å². The lowest BCUT2D eigenvalue weighted by Crippen LogP contribution is -2.53. The van der Waals surface area contributed by atoms with Crippen LogP contribution in [-0.4, -0.2) is 47.5 Å². The van der Waals surface area contributed by atoms with Crippen molar-refractivity contribution in [2.45, 2.75) is 131 Å². The highest BCUT2D eigenvalue weighted by Gasteiger charge is 2.36. The lowest BCUT2D eigenvalue weighted by Gasteiger charge is -2.35. The van der Waals surface area contributed by atoms with E-state index in [2.05, 4.69) is 30.5 Å². The molecule has 0 aromatic heterocycles. The minimum absolute atomic E-state index is 0.151. The second-order valence-electron chi connectivity index (χ2n) is 12.2. The van der Waals surface area contributed by atoms with Crippen LogP contribution in [0.3, 0.4) is 0 Å². The van der Waals surface area contributed by atoms with E-state index < -0.39 is 23.8 Å². The molecule has 0 aliphatic rings. The second kappa shape index (κ2) is 17.2. The summed E-state index contributed by atoms with van der Waals surface area (Å²) in [6.45, 7) is 18.7. The van der Waals surface area contributed by atoms with E-state index in [1.54, 1.807) is 25.7 Å². The third-order valence-electron chi connectivity index (χ3n) is 6.43. The minimum Gasteiger partial charge on any atom is -0.444 e. The smallest absolute Gasteiger partial charge is 0.408 e. The molecule has 7 heteroatoms. The summed E-state index contributed by atoms with van der Waals surface area (Å²) in [6.07, 6.45) is 6.77. The van der Waals surface area contributed by atoms with Gasteiger partial charge in [-0.25, -0.2) is 4.79 Å². The Morgan fingerprint density at radius 2 is 1.49 bits per heavy atom. The molecular weight excluding hydrogens is 490 g/mol. The first-order valence-electron chi connectivity index (χ1n) is 14.9. The highest BCUT2D eigenvalue weighted by atomic mass is 16.6. The normalized spacial score (nSPS) is 13.1. The van der Waals surface area contributed by atoms with Gasteiger partial charge in [-0.15, -0.1) is 0 Å². The van der Waals surface area contributed by atoms with Crippen LogP contribution >= 0.6 is 0 Å². The second-order valence-corrected chi connectivity index (χ2v) is 12.2. The number of aryl methyl sites for hydroxylation is 2. The maximum Gasteiger partial charge on any atom is 0.408 e. The van der Waals surface area contributed by atoms with Gasteiger partial charge in [0.2, 0.25) is 11.8 Å². The molecule has 1 rings (SSSR count). The van der Waals surface area contributed by atoms with Gasteiger partial charge in [0.1, 0.15) is 17.7 Å². The number of carbonyl (C=O) groups is 3. The fraction of sp³-hybridized carbons (Fsp3) is 0.719. The van der Waals surface area contributed by atoms with Crippen LogP contribution in [0.5, 0.6) is 0 Å². The molecule has 1 aromatic carbocycles. The van der Waals surface area contributed by atoms with Gasteiger partial charge in [0.15, 0.2) is 0 Å². The Balaban J connectivity index is 3.50. The monoisotopic (exact) mass is 545 g/mol. The fourth-order valence-electron chi connectivity index (χ4n) is 4.72. The topological polar surface area (TPSA) is 87.7 Å². The molecule has 0 radical (unpaired) electrons. The fourth-order valence-corrected chi connectivity index (χ4v) is 4.72. The first kappa shape index (κ1) is 34.5. The summed E-state index contributed by atoms with van der Waals surface area (Å²) in [5.41, 5.74) is 2.19. The Hall–Kier alpha value is -2.57. The minimum atomic E-state index is -0.799. The summed E-state index contributed by atoms with van der Waals surface area (Å²) in [5.74, 6) is -0.283. The molecule has 0 aliphatic heterocycles. The van der Waals surface area contributed by atoms with Gasteiger partial charge in [-0.05, 0) is 65.4 Å². The predicted octanol–water partition coefficient (Wildman–Crippen LogP) is 7.00. The van der Waals surface area contributed by atoms with Crippen molar-refractivity contribution in [3.05, 3.63) is 34.9 Å². The number of nitrogens with zero attached hydrogens (tertiary/aromatic N) is 1. The molecule has 0 bridgehead atoms. The Kier molecular flexibility index (Phi) is 15.2. The molecule has 2 unspecified atom stereocenters. The average Bonchev–Trinajstić information content (AvgIpc) is 2.80. The van der Waals surface area contributed by atoms with Crippen molar-refractivity contribution in [3.63, 3.8) is 0 Å². The lowest BCUT2D eigenvalue weighted by molar-refractivity contribution is -0.143. The van der Waals surface area contributed by atoms with Crippen LogP contribution in [0, 0.1) is 19.8 Å². The summed E-state index contributed by atoms with van der Waals surface area (Å²) in [4.78, 5) is 42.5. The summed E-state index contributed by atoms with van der Waals surface area (Å²) in [6, 6.07) is 4.47. The van der Waals surface area contributed by atoms with E-state index in [1.807, 2.05) is 39.8 Å². The van der Waals surface area contributed by atoms with Crippen molar-refractivity contribution in [2.24, 2.45) is 5.92 Å². The molecule has 7 nitrogen and oxygen atoms in total. The zero-order valence-corrected chi connectivity index (χ0v) is 26.1. The largest absolute Gasteiger partial charge is 0.444 e. The van der Waals surface area contributed by atoms with Gasteiger partial charge in [-0.3, -0.25) is 9.59 Å². The summed E-state index contributed by atoms with van der Waals surface area (Å²) < 4.78 is 5.49. The molecule has 0 saturated heterocycles. The molecule has 1 aromatic rings. The van der Waals surface area contributed by atoms with Crippen LogP contribution in [0.15, 0.2) is 18.2 Å². The number of benzene rings is 1. The molecule has 2 N–H and O–H groups in total. The maximum absolute atomic E-state index is 14.3. The van der Waals surface area contributed by atoms with E-state index >= 15 is 0 Å². The zero-order valence-electron chi connectivity index (χ0n) is 26.1. The van der Waals surface area contributed by atoms with E-state index in [-0.39, 0.29) is 17.7 Å². The number of carbonyl (C=O) groups excluding carboxylic acids is 3. The number of alkyl carbamates (subject to hydrolysis) is 1. The van der Waals surface area contributed by atoms with Gasteiger partial charge in [0.05, 0.1) is 0 Å². The SMILES string of the molecule is CCCCCCCN(C(=O)C(CC(C)C)NC(=O)OC(C)(C)C)C(C(=O)NCCCC)c1cc(C)cc(C)c1. The molecule has 39 heavy (non-hydrogen) atoms. The highest BCUT2D eigenvalue weighted by Crippen LogP contribution is 2.27. The molecule has 0 aliphatic carbocycles. The van der Waals surface area contributed by atoms with Crippen molar-refractivity contribution >= 4 is 17.9 Å². The molecule has 222 valence electrons. The van der Waals surface area contributed by atoms with Crippen molar-refractivity contribution in [1.29, 1.82) is 0 Å². The summed E-state index contributed by atoms with van der Waals surface area (Å²) in [7, 11) is 0. The standard InChI is InChI=1S/C32H55N3O4/c1-10-12-14-15-16-18-35(30(37)27(19-23(3)4)34-31(38)39-32(7,8)9)28(29(36)33-17-13-11-2)26-21-24(5)20-25(6)22-26/h20-23,27-28H,10-19H2,1-9H3,(H,33,36)(H,34,38). The van der Waals surface area contributed by atoms with Crippen LogP contribution in [0.4, 0.5) is 4.79 Å². The van der Waals surface area contributed by atoms with Gasteiger partial charge in [-0.1, -0.05) is 89.1 Å². The lowest BCUT2D eigenvalue weighted by atomic mass is 9.96. The first-order chi connectivity index (χ1) is 18.3. The van der Waals surface area contributed by atoms with Gasteiger partial charge in [-0.2, -0.15) is 0 Å². The Morgan fingerprint density at radius 3 is 2.03 bits per heavy atom. The van der Waals surface area contributed by atoms with Crippen LogP contribution in [0.25, 0.3) is 0 Å². The molecule has 3 amide bonds. The van der Waals surface area contributed by atoms with Crippen molar-refractivity contribution in [2.75, 3.05) is 13.1 Å². The molecule has 0 spiro atoms. The summed E-state index contributed by atoms with van der Waals surface area (Å²) >= 11 is 0. The Labute approximate surface area is 237 Å². The molecule has 0 saturated carbocycles. The first-order valence-corrected chi connectivity index (χ1v) is 14.9. The van der Waals surface area contributed by atoms with Gasteiger partial charge in [0, 0.05) is 13.1 Å². The van der Waals surface area contributed by atoms with Gasteiger partial charge in [0.25, 0.3) is 0 Å². The highest BCUT2D eigenvalue weighted by molar-refractivity contribution is 5.92. The molecule has 0 heterocycles. The third-order valence-corrected chi connectivity index (χ3v) is 6.43. The number of hydrogen-bond donors (Lipinski definition) is 2. The van der Waals surface area contributed by atoms with E-state index in [0.717, 1.165) is 61.6 Å². The number of nitrogens with one attached hydrogen (secondary N) is 2. The quantitative estimate of drug-likeness (QED) is 0.219. The number of hydrogen-bond acceptors (Lipinski definition) is 4. The average molecular weight is 546 g/mol. The number of rotatable bonds is 16. The van der Waals surface area contributed by atoms with E-state index in [0.29, 0.717) is 19.5 Å². The van der Waals surface area contributed by atoms with Crippen molar-refractivity contribution in [1.82, 2.24) is 15.5 Å².